The van der Waals surface area contributed by atoms with E-state index in [0.29, 0.717) is 43.5 Å². The van der Waals surface area contributed by atoms with Gasteiger partial charge in [-0.25, -0.2) is 4.79 Å². The Labute approximate surface area is 401 Å². The van der Waals surface area contributed by atoms with Crippen LogP contribution in [0.4, 0.5) is 26.3 Å². The van der Waals surface area contributed by atoms with Gasteiger partial charge in [-0.3, -0.25) is 19.2 Å². The normalized spacial score (nSPS) is 13.3. The van der Waals surface area contributed by atoms with Gasteiger partial charge in [-0.2, -0.15) is 26.3 Å². The van der Waals surface area contributed by atoms with Gasteiger partial charge in [-0.15, -0.1) is 0 Å². The van der Waals surface area contributed by atoms with E-state index in [1.807, 2.05) is 64.1 Å². The molecule has 2 unspecified atom stereocenters. The van der Waals surface area contributed by atoms with Crippen LogP contribution in [0.3, 0.4) is 0 Å². The van der Waals surface area contributed by atoms with E-state index in [0.717, 1.165) is 26.5 Å². The summed E-state index contributed by atoms with van der Waals surface area (Å²) in [6.07, 6.45) is -7.77. The summed E-state index contributed by atoms with van der Waals surface area (Å²) in [5.74, 6) is -5.34. The van der Waals surface area contributed by atoms with E-state index >= 15 is 0 Å². The van der Waals surface area contributed by atoms with Crippen LogP contribution < -0.4 is 46.3 Å². The average molecular weight is 954 g/mol. The number of methoxy groups -OCH3 is 1. The molecule has 370 valence electrons. The fourth-order valence-electron chi connectivity index (χ4n) is 4.75. The SMILES string of the molecule is CC(=O)OCc1ccccc1.CC(C)CC(N)C(=O)O.CCOC(=O)C(CC(C)C)NC(=O)c1ccccc1.COC(=O)[C@@H](C)C[C@H](C)C(F)(F)F.C[C@@H](C[C@H](N)CO)C(F)(F)F.[Na+].[OH-]. The number of carboxylic acids is 1. The predicted molar refractivity (Wildman–Crippen MR) is 229 cm³/mol. The van der Waals surface area contributed by atoms with Gasteiger partial charge in [0.15, 0.2) is 0 Å². The second-order valence-corrected chi connectivity index (χ2v) is 15.3. The Morgan fingerprint density at radius 2 is 1.15 bits per heavy atom. The molecule has 2 aromatic carbocycles. The van der Waals surface area contributed by atoms with Crippen molar-refractivity contribution in [3.63, 3.8) is 0 Å². The number of aliphatic hydroxyl groups excluding tert-OH is 1. The second-order valence-electron chi connectivity index (χ2n) is 15.3. The molecule has 0 radical (unpaired) electrons. The monoisotopic (exact) mass is 953 g/mol. The molecule has 0 spiro atoms. The molecule has 8 N–H and O–H groups in total. The summed E-state index contributed by atoms with van der Waals surface area (Å²) < 4.78 is 85.6. The van der Waals surface area contributed by atoms with E-state index in [2.05, 4.69) is 10.1 Å². The minimum Gasteiger partial charge on any atom is -0.870 e. The first-order valence-electron chi connectivity index (χ1n) is 20.3. The zero-order chi connectivity index (χ0) is 49.5. The number of aliphatic hydroxyl groups is 1. The topological polar surface area (TPSA) is 248 Å². The van der Waals surface area contributed by atoms with E-state index < -0.39 is 66.8 Å². The fraction of sp³-hybridized carbons (Fsp3) is 0.614. The minimum absolute atomic E-state index is 0. The Morgan fingerprint density at radius 1 is 0.708 bits per heavy atom. The van der Waals surface area contributed by atoms with Crippen LogP contribution in [0, 0.1) is 29.6 Å². The van der Waals surface area contributed by atoms with Crippen molar-refractivity contribution in [2.24, 2.45) is 41.1 Å². The third-order valence-electron chi connectivity index (χ3n) is 8.27. The molecule has 0 saturated heterocycles. The van der Waals surface area contributed by atoms with Gasteiger partial charge in [0, 0.05) is 18.5 Å². The third-order valence-corrected chi connectivity index (χ3v) is 8.27. The maximum Gasteiger partial charge on any atom is 1.00 e. The summed E-state index contributed by atoms with van der Waals surface area (Å²) in [7, 11) is 1.16. The Morgan fingerprint density at radius 3 is 1.51 bits per heavy atom. The molecule has 14 nitrogen and oxygen atoms in total. The van der Waals surface area contributed by atoms with Gasteiger partial charge in [0.2, 0.25) is 0 Å². The Hall–Kier alpha value is -3.79. The first-order chi connectivity index (χ1) is 29.0. The standard InChI is InChI=1S/C15H21NO3.C9H10O2.C8H13F3O2.C6H12F3NO.C6H13NO2.Na.H2O/c1-4-19-15(18)13(10-11(2)3)16-14(17)12-8-6-5-7-9-12;1-8(10)11-7-9-5-3-2-4-6-9;1-5(7(12)13-3)4-6(2)8(9,10)11;1-4(6(7,8)9)2-5(10)3-11;1-4(2)3-5(7)6(8)9;;/h5-9,11,13H,4,10H2,1-3H3,(H,16,17);2-6H,7H2,1H3;5-6H,4H2,1-3H3;4-5,11H,2-3,10H2,1H3;4-5H,3,7H2,1-2H3,(H,8,9);;1H2/q;;;;;+1;/p-1/t;;5-,6-;4-,5-;;;/m..00.../s1. The number of esters is 3. The zero-order valence-corrected chi connectivity index (χ0v) is 41.4. The number of halogens is 6. The number of hydrogen-bond donors (Lipinski definition) is 5. The van der Waals surface area contributed by atoms with Gasteiger partial charge < -0.3 is 46.7 Å². The summed E-state index contributed by atoms with van der Waals surface area (Å²) >= 11 is 0. The van der Waals surface area contributed by atoms with Crippen LogP contribution in [0.2, 0.25) is 0 Å². The number of alkyl halides is 6. The van der Waals surface area contributed by atoms with Crippen LogP contribution in [0.5, 0.6) is 0 Å². The van der Waals surface area contributed by atoms with E-state index in [1.165, 1.54) is 13.8 Å². The van der Waals surface area contributed by atoms with Gasteiger partial charge in [-0.05, 0) is 62.1 Å². The number of nitrogens with two attached hydrogens (primary N) is 2. The molecular formula is C44H70F6N3NaO11. The first-order valence-corrected chi connectivity index (χ1v) is 20.3. The predicted octanol–water partition coefficient (Wildman–Crippen LogP) is 4.69. The smallest absolute Gasteiger partial charge is 0.870 e. The minimum atomic E-state index is -4.23. The molecule has 1 amide bonds. The van der Waals surface area contributed by atoms with E-state index in [1.54, 1.807) is 31.2 Å². The maximum absolute atomic E-state index is 12.0. The zero-order valence-electron chi connectivity index (χ0n) is 39.4. The number of carboxylic acid groups (broad SMARTS) is 1. The molecule has 2 aromatic rings. The van der Waals surface area contributed by atoms with Crippen LogP contribution in [0.1, 0.15) is 104 Å². The average Bonchev–Trinajstić information content (AvgIpc) is 3.20. The van der Waals surface area contributed by atoms with Gasteiger partial charge >= 0.3 is 65.8 Å². The van der Waals surface area contributed by atoms with Crippen molar-refractivity contribution in [1.29, 1.82) is 0 Å². The van der Waals surface area contributed by atoms with Crippen LogP contribution in [0.15, 0.2) is 60.7 Å². The fourth-order valence-corrected chi connectivity index (χ4v) is 4.75. The van der Waals surface area contributed by atoms with Crippen molar-refractivity contribution in [3.05, 3.63) is 71.8 Å². The quantitative estimate of drug-likeness (QED) is 0.0626. The molecule has 0 bridgehead atoms. The summed E-state index contributed by atoms with van der Waals surface area (Å²) in [5, 5.41) is 19.4. The Balaban J connectivity index is -0.000000235. The van der Waals surface area contributed by atoms with Crippen LogP contribution in [-0.4, -0.2) is 96.3 Å². The van der Waals surface area contributed by atoms with Gasteiger partial charge in [0.05, 0.1) is 38.1 Å². The molecule has 0 aliphatic heterocycles. The number of aliphatic carboxylic acids is 1. The van der Waals surface area contributed by atoms with Crippen molar-refractivity contribution in [1.82, 2.24) is 5.32 Å². The van der Waals surface area contributed by atoms with Crippen LogP contribution in [0.25, 0.3) is 0 Å². The first kappa shape index (κ1) is 70.2. The number of carbonyl (C=O) groups excluding carboxylic acids is 4. The molecule has 0 fully saturated rings. The van der Waals surface area contributed by atoms with E-state index in [9.17, 15) is 50.3 Å². The molecule has 2 rings (SSSR count). The van der Waals surface area contributed by atoms with Crippen molar-refractivity contribution >= 4 is 29.8 Å². The number of hydrogen-bond acceptors (Lipinski definition) is 12. The number of carbonyl (C=O) groups is 5. The molecule has 6 atom stereocenters. The van der Waals surface area contributed by atoms with Crippen molar-refractivity contribution in [3.8, 4) is 0 Å². The van der Waals surface area contributed by atoms with Gasteiger partial charge in [0.1, 0.15) is 18.7 Å². The summed E-state index contributed by atoms with van der Waals surface area (Å²) in [6, 6.07) is 16.4. The number of ether oxygens (including phenoxy) is 3. The van der Waals surface area contributed by atoms with Gasteiger partial charge in [0.25, 0.3) is 5.91 Å². The summed E-state index contributed by atoms with van der Waals surface area (Å²) in [6.45, 7) is 14.9. The molecule has 0 saturated carbocycles. The number of benzene rings is 2. The molecule has 0 heterocycles. The largest absolute Gasteiger partial charge is 1.00 e. The maximum atomic E-state index is 12.0. The Kier molecular flexibility index (Phi) is 41.4. The van der Waals surface area contributed by atoms with Crippen LogP contribution >= 0.6 is 0 Å². The van der Waals surface area contributed by atoms with Crippen molar-refractivity contribution < 1.29 is 110 Å². The van der Waals surface area contributed by atoms with Gasteiger partial charge in [-0.1, -0.05) is 97.0 Å². The van der Waals surface area contributed by atoms with Crippen molar-refractivity contribution in [2.45, 2.75) is 125 Å². The van der Waals surface area contributed by atoms with E-state index in [-0.39, 0.29) is 65.7 Å². The number of rotatable bonds is 17. The van der Waals surface area contributed by atoms with Crippen molar-refractivity contribution in [2.75, 3.05) is 20.3 Å². The summed E-state index contributed by atoms with van der Waals surface area (Å²) in [5.41, 5.74) is 11.9. The number of nitrogens with one attached hydrogen (secondary N) is 1. The molecule has 65 heavy (non-hydrogen) atoms. The molecule has 0 aliphatic rings. The molecule has 0 aliphatic carbocycles. The number of amides is 1. The summed E-state index contributed by atoms with van der Waals surface area (Å²) in [4.78, 5) is 55.1. The van der Waals surface area contributed by atoms with Crippen LogP contribution in [-0.2, 0) is 40.0 Å². The second kappa shape index (κ2) is 38.3. The third kappa shape index (κ3) is 39.1. The molecule has 21 heteroatoms. The van der Waals surface area contributed by atoms with E-state index in [4.69, 9.17) is 31.2 Å². The molecule has 0 aromatic heterocycles. The Bertz CT molecular complexity index is 1560. The molecular weight excluding hydrogens is 883 g/mol.